The first-order valence-electron chi connectivity index (χ1n) is 11.4. The molecule has 12 heteroatoms. The van der Waals surface area contributed by atoms with Gasteiger partial charge in [0.05, 0.1) is 6.33 Å². The van der Waals surface area contributed by atoms with Crippen LogP contribution in [-0.4, -0.2) is 56.0 Å². The molecule has 1 aromatic carbocycles. The van der Waals surface area contributed by atoms with Gasteiger partial charge in [-0.2, -0.15) is 0 Å². The van der Waals surface area contributed by atoms with E-state index in [4.69, 9.17) is 24.9 Å². The number of carbonyl (C=O) groups is 1. The molecule has 4 heterocycles. The van der Waals surface area contributed by atoms with Gasteiger partial charge in [-0.15, -0.1) is 0 Å². The quantitative estimate of drug-likeness (QED) is 0.484. The molecule has 0 spiro atoms. The monoisotopic (exact) mass is 562 g/mol. The molecule has 1 unspecified atom stereocenters. The first-order chi connectivity index (χ1) is 16.7. The first-order valence-corrected chi connectivity index (χ1v) is 13.0. The molecule has 35 heavy (non-hydrogen) atoms. The van der Waals surface area contributed by atoms with Crippen molar-refractivity contribution in [2.24, 2.45) is 5.92 Å². The number of imidazole rings is 1. The molecule has 2 N–H and O–H groups in total. The molecule has 4 aliphatic heterocycles. The molecular weight excluding hydrogens is 536 g/mol. The van der Waals surface area contributed by atoms with Crippen molar-refractivity contribution in [3.63, 3.8) is 0 Å². The van der Waals surface area contributed by atoms with Crippen LogP contribution in [0.15, 0.2) is 33.0 Å². The average Bonchev–Trinajstić information content (AvgIpc) is 3.42. The Morgan fingerprint density at radius 1 is 1.29 bits per heavy atom. The van der Waals surface area contributed by atoms with Gasteiger partial charge in [-0.3, -0.25) is 0 Å². The fourth-order valence-electron chi connectivity index (χ4n) is 4.17. The molecule has 10 nitrogen and oxygen atoms in total. The predicted octanol–water partition coefficient (Wildman–Crippen LogP) is 4.65. The Balaban J connectivity index is 1.34. The number of ether oxygens (including phenoxy) is 3. The summed E-state index contributed by atoms with van der Waals surface area (Å²) in [5.41, 5.74) is 6.18. The van der Waals surface area contributed by atoms with E-state index in [0.717, 1.165) is 22.2 Å². The highest BCUT2D eigenvalue weighted by Gasteiger charge is 2.29. The number of likely N-dealkylation sites (tertiary alicyclic amines) is 1. The molecule has 1 amide bonds. The van der Waals surface area contributed by atoms with Crippen LogP contribution in [0.1, 0.15) is 33.6 Å². The summed E-state index contributed by atoms with van der Waals surface area (Å²) < 4.78 is 19.3. The summed E-state index contributed by atoms with van der Waals surface area (Å²) >= 11 is 4.99. The molecule has 1 aromatic rings. The first kappa shape index (κ1) is 24.0. The number of aromatic nitrogens is 4. The molecule has 0 aromatic heterocycles. The van der Waals surface area contributed by atoms with E-state index in [1.165, 1.54) is 11.8 Å². The number of nitrogens with zero attached hydrogens (tertiary/aromatic N) is 5. The average molecular weight is 563 g/mol. The second kappa shape index (κ2) is 9.38. The van der Waals surface area contributed by atoms with Gasteiger partial charge in [-0.05, 0) is 79.4 Å². The van der Waals surface area contributed by atoms with E-state index >= 15 is 0 Å². The van der Waals surface area contributed by atoms with E-state index < -0.39 is 5.60 Å². The molecule has 0 saturated carbocycles. The van der Waals surface area contributed by atoms with E-state index in [-0.39, 0.29) is 18.8 Å². The molecule has 1 atom stereocenters. The number of anilines is 1. The van der Waals surface area contributed by atoms with Gasteiger partial charge in [0.25, 0.3) is 0 Å². The number of carbonyl (C=O) groups excluding carboxylic acids is 1. The van der Waals surface area contributed by atoms with Gasteiger partial charge in [-0.1, -0.05) is 0 Å². The van der Waals surface area contributed by atoms with Crippen LogP contribution >= 0.6 is 27.7 Å². The standard InChI is InChI=1S/C23H27BrN6O4S/c1-23(2,3)34-22(31)29-6-4-5-13(9-29)10-30-11-26-19(25)18-20(30)28-21(27-18)35-17-8-16-15(7-14(17)24)32-12-33-16/h7-8,11,13H,4-6,9-10,12,25H2,1-3H3. The molecule has 0 bridgehead atoms. The van der Waals surface area contributed by atoms with Gasteiger partial charge in [0.2, 0.25) is 6.79 Å². The topological polar surface area (TPSA) is 118 Å². The third kappa shape index (κ3) is 5.27. The molecule has 5 rings (SSSR count). The zero-order valence-electron chi connectivity index (χ0n) is 19.8. The van der Waals surface area contributed by atoms with Crippen molar-refractivity contribution in [2.45, 2.75) is 55.8 Å². The summed E-state index contributed by atoms with van der Waals surface area (Å²) in [6.45, 7) is 7.82. The van der Waals surface area contributed by atoms with Crippen LogP contribution in [0.25, 0.3) is 11.5 Å². The Morgan fingerprint density at radius 3 is 2.83 bits per heavy atom. The molecule has 1 fully saturated rings. The number of rotatable bonds is 4. The summed E-state index contributed by atoms with van der Waals surface area (Å²) in [6, 6.07) is 3.78. The Bertz CT molecular complexity index is 1230. The highest BCUT2D eigenvalue weighted by atomic mass is 79.9. The maximum absolute atomic E-state index is 12.6. The number of piperidine rings is 1. The molecule has 1 saturated heterocycles. The molecule has 186 valence electrons. The lowest BCUT2D eigenvalue weighted by Gasteiger charge is -2.34. The van der Waals surface area contributed by atoms with Crippen LogP contribution in [0.4, 0.5) is 10.6 Å². The number of nitrogens with two attached hydrogens (primary N) is 1. The fraction of sp³-hybridized carbons (Fsp3) is 0.478. The minimum absolute atomic E-state index is 0.210. The summed E-state index contributed by atoms with van der Waals surface area (Å²) in [7, 11) is 0. The number of amides is 1. The van der Waals surface area contributed by atoms with Crippen LogP contribution in [0.2, 0.25) is 0 Å². The zero-order valence-corrected chi connectivity index (χ0v) is 22.2. The maximum Gasteiger partial charge on any atom is 0.410 e. The van der Waals surface area contributed by atoms with Crippen molar-refractivity contribution in [3.8, 4) is 23.0 Å². The highest BCUT2D eigenvalue weighted by Crippen LogP contribution is 2.43. The maximum atomic E-state index is 12.6. The largest absolute Gasteiger partial charge is 0.454 e. The van der Waals surface area contributed by atoms with Gasteiger partial charge in [0.1, 0.15) is 5.60 Å². The lowest BCUT2D eigenvalue weighted by molar-refractivity contribution is 0.0157. The van der Waals surface area contributed by atoms with E-state index in [2.05, 4.69) is 25.9 Å². The lowest BCUT2D eigenvalue weighted by atomic mass is 9.98. The van der Waals surface area contributed by atoms with Crippen molar-refractivity contribution in [1.82, 2.24) is 24.4 Å². The van der Waals surface area contributed by atoms with Crippen LogP contribution in [0, 0.1) is 5.92 Å². The van der Waals surface area contributed by atoms with Crippen molar-refractivity contribution in [3.05, 3.63) is 22.9 Å². The number of hydrogen-bond donors (Lipinski definition) is 1. The van der Waals surface area contributed by atoms with Crippen molar-refractivity contribution in [1.29, 1.82) is 0 Å². The third-order valence-corrected chi connectivity index (χ3v) is 7.57. The van der Waals surface area contributed by atoms with E-state index in [9.17, 15) is 4.79 Å². The number of halogens is 1. The normalized spacial score (nSPS) is 17.7. The molecule has 0 radical (unpaired) electrons. The van der Waals surface area contributed by atoms with Gasteiger partial charge in [-0.25, -0.2) is 19.7 Å². The predicted molar refractivity (Wildman–Crippen MR) is 134 cm³/mol. The summed E-state index contributed by atoms with van der Waals surface area (Å²) in [6.07, 6.45) is 3.35. The zero-order chi connectivity index (χ0) is 24.7. The second-order valence-electron chi connectivity index (χ2n) is 9.63. The second-order valence-corrected chi connectivity index (χ2v) is 11.5. The molecule has 4 aliphatic rings. The van der Waals surface area contributed by atoms with Crippen molar-refractivity contribution in [2.75, 3.05) is 25.6 Å². The van der Waals surface area contributed by atoms with E-state index in [1.807, 2.05) is 37.5 Å². The Labute approximate surface area is 216 Å². The summed E-state index contributed by atoms with van der Waals surface area (Å²) in [4.78, 5) is 29.0. The Hall–Kier alpha value is -2.73. The van der Waals surface area contributed by atoms with Crippen LogP contribution in [0.5, 0.6) is 11.5 Å². The van der Waals surface area contributed by atoms with E-state index in [0.29, 0.717) is 53.6 Å². The number of benzene rings is 1. The Morgan fingerprint density at radius 2 is 2.06 bits per heavy atom. The van der Waals surface area contributed by atoms with Crippen LogP contribution < -0.4 is 15.2 Å². The number of nitrogen functional groups attached to an aromatic ring is 1. The fourth-order valence-corrected chi connectivity index (χ4v) is 5.53. The van der Waals surface area contributed by atoms with Gasteiger partial charge in [0, 0.05) is 29.0 Å². The van der Waals surface area contributed by atoms with Crippen molar-refractivity contribution < 1.29 is 19.0 Å². The number of hydrogen-bond acceptors (Lipinski definition) is 9. The van der Waals surface area contributed by atoms with Gasteiger partial charge < -0.3 is 29.4 Å². The van der Waals surface area contributed by atoms with Crippen LogP contribution in [0.3, 0.4) is 0 Å². The van der Waals surface area contributed by atoms with E-state index in [1.54, 1.807) is 11.2 Å². The minimum Gasteiger partial charge on any atom is -0.454 e. The lowest BCUT2D eigenvalue weighted by Crippen LogP contribution is -2.43. The van der Waals surface area contributed by atoms with Crippen molar-refractivity contribution >= 4 is 39.6 Å². The van der Waals surface area contributed by atoms with Gasteiger partial charge in [0.15, 0.2) is 34.0 Å². The number of fused-ring (bicyclic) bond motifs is 2. The SMILES string of the molecule is CC(C)(C)OC(=O)N1CCCC(Cn2cnc(N)c3nc(Sc4cc5c(cc4Br)OCO5)nc2-3)C1. The third-order valence-electron chi connectivity index (χ3n) is 5.73. The molecule has 0 aliphatic carbocycles. The summed E-state index contributed by atoms with van der Waals surface area (Å²) in [5, 5.41) is 0.562. The van der Waals surface area contributed by atoms with Gasteiger partial charge >= 0.3 is 6.09 Å². The highest BCUT2D eigenvalue weighted by molar-refractivity contribution is 9.10. The smallest absolute Gasteiger partial charge is 0.410 e. The minimum atomic E-state index is -0.516. The molecular formula is C23H27BrN6O4S. The summed E-state index contributed by atoms with van der Waals surface area (Å²) in [5.74, 6) is 2.64. The van der Waals surface area contributed by atoms with Crippen LogP contribution in [-0.2, 0) is 11.3 Å². The Kier molecular flexibility index (Phi) is 6.43.